The van der Waals surface area contributed by atoms with Crippen LogP contribution in [0, 0.1) is 0 Å². The van der Waals surface area contributed by atoms with Crippen LogP contribution in [-0.2, 0) is 6.54 Å². The van der Waals surface area contributed by atoms with Crippen molar-refractivity contribution in [2.45, 2.75) is 31.8 Å². The van der Waals surface area contributed by atoms with Crippen molar-refractivity contribution in [3.8, 4) is 5.75 Å². The van der Waals surface area contributed by atoms with Crippen LogP contribution in [0.2, 0.25) is 0 Å². The molecule has 2 aromatic rings. The van der Waals surface area contributed by atoms with Crippen LogP contribution in [0.3, 0.4) is 0 Å². The van der Waals surface area contributed by atoms with E-state index in [1.54, 1.807) is 7.11 Å². The molecule has 1 heterocycles. The molecule has 6 heteroatoms. The lowest BCUT2D eigenvalue weighted by Crippen LogP contribution is -2.52. The molecule has 1 fully saturated rings. The van der Waals surface area contributed by atoms with Crippen molar-refractivity contribution in [3.05, 3.63) is 64.1 Å². The zero-order valence-electron chi connectivity index (χ0n) is 16.5. The number of carbonyl (C=O) groups excluding carboxylic acids is 1. The lowest BCUT2D eigenvalue weighted by molar-refractivity contribution is 0.165. The minimum absolute atomic E-state index is 0.0236. The Balaban J connectivity index is 1.75. The standard InChI is InChI=1S/C22H28BrN3O2/c1-3-24-22(27)26-12-11-20(19(15-26)16-7-5-4-6-8-16)25-14-17-13-18(23)9-10-21(17)28-2/h4-10,13,19-20,25H,3,11-12,14-15H2,1-2H3,(H,24,27)/t19-,20-/m1/s1. The molecule has 150 valence electrons. The third-order valence-electron chi connectivity index (χ3n) is 5.25. The average molecular weight is 446 g/mol. The third kappa shape index (κ3) is 5.06. The van der Waals surface area contributed by atoms with Crippen molar-refractivity contribution >= 4 is 22.0 Å². The molecule has 3 rings (SSSR count). The van der Waals surface area contributed by atoms with Gasteiger partial charge >= 0.3 is 6.03 Å². The number of hydrogen-bond donors (Lipinski definition) is 2. The Labute approximate surface area is 175 Å². The zero-order chi connectivity index (χ0) is 19.9. The van der Waals surface area contributed by atoms with Crippen LogP contribution in [0.25, 0.3) is 0 Å². The molecule has 1 aliphatic rings. The Kier molecular flexibility index (Phi) is 7.34. The van der Waals surface area contributed by atoms with E-state index in [0.29, 0.717) is 13.1 Å². The summed E-state index contributed by atoms with van der Waals surface area (Å²) in [4.78, 5) is 14.3. The summed E-state index contributed by atoms with van der Waals surface area (Å²) in [5, 5.41) is 6.65. The highest BCUT2D eigenvalue weighted by Gasteiger charge is 2.32. The molecule has 0 saturated carbocycles. The number of piperidine rings is 1. The highest BCUT2D eigenvalue weighted by molar-refractivity contribution is 9.10. The summed E-state index contributed by atoms with van der Waals surface area (Å²) in [6, 6.07) is 16.8. The minimum atomic E-state index is 0.0236. The number of nitrogens with one attached hydrogen (secondary N) is 2. The molecule has 2 N–H and O–H groups in total. The van der Waals surface area contributed by atoms with Crippen molar-refractivity contribution in [1.82, 2.24) is 15.5 Å². The van der Waals surface area contributed by atoms with Crippen LogP contribution in [0.15, 0.2) is 53.0 Å². The summed E-state index contributed by atoms with van der Waals surface area (Å²) >= 11 is 3.54. The Morgan fingerprint density at radius 1 is 1.25 bits per heavy atom. The Morgan fingerprint density at radius 2 is 2.04 bits per heavy atom. The van der Waals surface area contributed by atoms with E-state index in [0.717, 1.165) is 35.3 Å². The molecule has 0 bridgehead atoms. The van der Waals surface area contributed by atoms with Crippen LogP contribution >= 0.6 is 15.9 Å². The van der Waals surface area contributed by atoms with Crippen LogP contribution in [0.4, 0.5) is 4.79 Å². The van der Waals surface area contributed by atoms with Crippen LogP contribution in [0.1, 0.15) is 30.4 Å². The van der Waals surface area contributed by atoms with Crippen molar-refractivity contribution in [1.29, 1.82) is 0 Å². The molecular weight excluding hydrogens is 418 g/mol. The van der Waals surface area contributed by atoms with Gasteiger partial charge in [-0.05, 0) is 37.1 Å². The van der Waals surface area contributed by atoms with Crippen molar-refractivity contribution < 1.29 is 9.53 Å². The first kappa shape index (κ1) is 20.7. The van der Waals surface area contributed by atoms with E-state index in [2.05, 4.69) is 56.9 Å². The van der Waals surface area contributed by atoms with Gasteiger partial charge in [0.2, 0.25) is 0 Å². The van der Waals surface area contributed by atoms with Gasteiger partial charge in [0.05, 0.1) is 7.11 Å². The average Bonchev–Trinajstić information content (AvgIpc) is 2.73. The molecule has 1 aliphatic heterocycles. The van der Waals surface area contributed by atoms with E-state index in [9.17, 15) is 4.79 Å². The van der Waals surface area contributed by atoms with E-state index in [1.165, 1.54) is 5.56 Å². The number of likely N-dealkylation sites (tertiary alicyclic amines) is 1. The van der Waals surface area contributed by atoms with Gasteiger partial charge in [-0.15, -0.1) is 0 Å². The predicted molar refractivity (Wildman–Crippen MR) is 116 cm³/mol. The van der Waals surface area contributed by atoms with E-state index < -0.39 is 0 Å². The number of halogens is 1. The number of carbonyl (C=O) groups is 1. The summed E-state index contributed by atoms with van der Waals surface area (Å²) in [7, 11) is 1.70. The monoisotopic (exact) mass is 445 g/mol. The summed E-state index contributed by atoms with van der Waals surface area (Å²) in [6.45, 7) is 4.78. The van der Waals surface area contributed by atoms with Gasteiger partial charge in [-0.2, -0.15) is 0 Å². The topological polar surface area (TPSA) is 53.6 Å². The molecule has 2 amide bonds. The molecule has 0 aromatic heterocycles. The van der Waals surface area contributed by atoms with E-state index in [1.807, 2.05) is 30.0 Å². The summed E-state index contributed by atoms with van der Waals surface area (Å²) in [6.07, 6.45) is 0.910. The first-order valence-corrected chi connectivity index (χ1v) is 10.5. The molecule has 0 spiro atoms. The van der Waals surface area contributed by atoms with E-state index >= 15 is 0 Å². The number of urea groups is 1. The van der Waals surface area contributed by atoms with Crippen molar-refractivity contribution in [2.24, 2.45) is 0 Å². The van der Waals surface area contributed by atoms with Gasteiger partial charge in [0.15, 0.2) is 0 Å². The third-order valence-corrected chi connectivity index (χ3v) is 5.75. The van der Waals surface area contributed by atoms with Crippen LogP contribution in [0.5, 0.6) is 5.75 Å². The lowest BCUT2D eigenvalue weighted by Gasteiger charge is -2.39. The van der Waals surface area contributed by atoms with Gasteiger partial charge in [0.25, 0.3) is 0 Å². The largest absolute Gasteiger partial charge is 0.496 e. The number of ether oxygens (including phenoxy) is 1. The smallest absolute Gasteiger partial charge is 0.317 e. The maximum atomic E-state index is 12.4. The number of nitrogens with zero attached hydrogens (tertiary/aromatic N) is 1. The van der Waals surface area contributed by atoms with Crippen LogP contribution in [-0.4, -0.2) is 43.7 Å². The van der Waals surface area contributed by atoms with E-state index in [4.69, 9.17) is 4.74 Å². The van der Waals surface area contributed by atoms with Gasteiger partial charge in [-0.3, -0.25) is 0 Å². The predicted octanol–water partition coefficient (Wildman–Crippen LogP) is 4.13. The summed E-state index contributed by atoms with van der Waals surface area (Å²) < 4.78 is 6.54. The van der Waals surface area contributed by atoms with Crippen molar-refractivity contribution in [2.75, 3.05) is 26.7 Å². The highest BCUT2D eigenvalue weighted by Crippen LogP contribution is 2.29. The normalized spacial score (nSPS) is 19.3. The van der Waals surface area contributed by atoms with Crippen molar-refractivity contribution in [3.63, 3.8) is 0 Å². The molecule has 2 aromatic carbocycles. The lowest BCUT2D eigenvalue weighted by atomic mass is 9.86. The van der Waals surface area contributed by atoms with Gasteiger partial charge in [0.1, 0.15) is 5.75 Å². The van der Waals surface area contributed by atoms with Gasteiger partial charge in [-0.1, -0.05) is 46.3 Å². The van der Waals surface area contributed by atoms with Gasteiger partial charge in [0, 0.05) is 48.2 Å². The quantitative estimate of drug-likeness (QED) is 0.702. The van der Waals surface area contributed by atoms with Gasteiger partial charge < -0.3 is 20.3 Å². The number of rotatable bonds is 6. The maximum Gasteiger partial charge on any atom is 0.317 e. The molecular formula is C22H28BrN3O2. The Bertz CT molecular complexity index is 785. The highest BCUT2D eigenvalue weighted by atomic mass is 79.9. The first-order valence-electron chi connectivity index (χ1n) is 9.76. The fraction of sp³-hybridized carbons (Fsp3) is 0.409. The molecule has 28 heavy (non-hydrogen) atoms. The molecule has 0 aliphatic carbocycles. The second kappa shape index (κ2) is 9.94. The molecule has 2 atom stereocenters. The summed E-state index contributed by atoms with van der Waals surface area (Å²) in [5.74, 6) is 1.13. The Morgan fingerprint density at radius 3 is 2.75 bits per heavy atom. The molecule has 0 unspecified atom stereocenters. The number of methoxy groups -OCH3 is 1. The van der Waals surface area contributed by atoms with Crippen LogP contribution < -0.4 is 15.4 Å². The number of hydrogen-bond acceptors (Lipinski definition) is 3. The Hall–Kier alpha value is -2.05. The zero-order valence-corrected chi connectivity index (χ0v) is 18.0. The van der Waals surface area contributed by atoms with Gasteiger partial charge in [-0.25, -0.2) is 4.79 Å². The minimum Gasteiger partial charge on any atom is -0.496 e. The SMILES string of the molecule is CCNC(=O)N1CC[C@@H](NCc2cc(Br)ccc2OC)[C@@H](c2ccccc2)C1. The number of benzene rings is 2. The maximum absolute atomic E-state index is 12.4. The number of amides is 2. The fourth-order valence-corrected chi connectivity index (χ4v) is 4.22. The second-order valence-corrected chi connectivity index (χ2v) is 7.95. The second-order valence-electron chi connectivity index (χ2n) is 7.03. The fourth-order valence-electron chi connectivity index (χ4n) is 3.81. The molecule has 5 nitrogen and oxygen atoms in total. The molecule has 0 radical (unpaired) electrons. The molecule has 1 saturated heterocycles. The first-order chi connectivity index (χ1) is 13.6. The summed E-state index contributed by atoms with van der Waals surface area (Å²) in [5.41, 5.74) is 2.38. The van der Waals surface area contributed by atoms with E-state index in [-0.39, 0.29) is 18.0 Å².